The summed E-state index contributed by atoms with van der Waals surface area (Å²) in [4.78, 5) is 2.31. The number of para-hydroxylation sites is 4. The van der Waals surface area contributed by atoms with E-state index in [1.165, 1.54) is 38.6 Å². The summed E-state index contributed by atoms with van der Waals surface area (Å²) in [6, 6.07) is 61.1. The first-order valence-electron chi connectivity index (χ1n) is 17.8. The maximum Gasteiger partial charge on any atom is 0.135 e. The van der Waals surface area contributed by atoms with E-state index in [2.05, 4.69) is 121 Å². The van der Waals surface area contributed by atoms with Crippen LogP contribution in [-0.2, 0) is 0 Å². The summed E-state index contributed by atoms with van der Waals surface area (Å²) >= 11 is 6.86. The molecule has 0 N–H and O–H groups in total. The highest BCUT2D eigenvalue weighted by atomic mass is 35.5. The number of hydrogen-bond donors (Lipinski definition) is 0. The second-order valence-electron chi connectivity index (χ2n) is 13.5. The van der Waals surface area contributed by atoms with Gasteiger partial charge in [-0.25, -0.2) is 0 Å². The molecule has 1 aliphatic rings. The molecule has 10 aromatic rings. The van der Waals surface area contributed by atoms with Gasteiger partial charge in [0.1, 0.15) is 22.3 Å². The van der Waals surface area contributed by atoms with Crippen molar-refractivity contribution in [1.82, 2.24) is 0 Å². The van der Waals surface area contributed by atoms with Crippen LogP contribution in [0.5, 0.6) is 0 Å². The number of rotatable bonds is 2. The molecule has 11 rings (SSSR count). The summed E-state index contributed by atoms with van der Waals surface area (Å²) in [6.07, 6.45) is 0. The maximum absolute atomic E-state index is 6.86. The van der Waals surface area contributed by atoms with Gasteiger partial charge in [-0.2, -0.15) is 0 Å². The fraction of sp³-hybridized carbons (Fsp3) is 0.0204. The average molecular weight is 702 g/mol. The van der Waals surface area contributed by atoms with Gasteiger partial charge in [-0.1, -0.05) is 126 Å². The van der Waals surface area contributed by atoms with E-state index in [1.807, 2.05) is 66.7 Å². The molecule has 1 aliphatic heterocycles. The first-order chi connectivity index (χ1) is 26.1. The number of hydrogen-bond acceptors (Lipinski definition) is 3. The lowest BCUT2D eigenvalue weighted by Gasteiger charge is -2.28. The Bertz CT molecular complexity index is 2960. The van der Waals surface area contributed by atoms with E-state index in [-0.39, 0.29) is 0 Å². The van der Waals surface area contributed by atoms with Gasteiger partial charge in [0, 0.05) is 32.7 Å². The van der Waals surface area contributed by atoms with Gasteiger partial charge in [0.15, 0.2) is 0 Å². The Morgan fingerprint density at radius 2 is 0.849 bits per heavy atom. The Labute approximate surface area is 311 Å². The smallest absolute Gasteiger partial charge is 0.135 e. The van der Waals surface area contributed by atoms with E-state index in [9.17, 15) is 0 Å². The zero-order valence-electron chi connectivity index (χ0n) is 28.9. The Morgan fingerprint density at radius 3 is 1.49 bits per heavy atom. The molecular weight excluding hydrogens is 670 g/mol. The Hall–Kier alpha value is -6.55. The van der Waals surface area contributed by atoms with Crippen molar-refractivity contribution in [3.8, 4) is 33.4 Å². The Balaban J connectivity index is 0.000000225. The maximum atomic E-state index is 6.86. The summed E-state index contributed by atoms with van der Waals surface area (Å²) in [7, 11) is 0. The SMILES string of the molecule is Cc1ccc2c(c1)-c1ccccc1-c1cc(-c3ccc4oc5ccccc5c4c3)ccc1N2c1ccccc1Cl.c1ccc2c(c1)oc1ccccc12. The molecule has 0 saturated heterocycles. The monoisotopic (exact) mass is 701 g/mol. The standard InChI is InChI=1S/C37H24ClNO.C12H8O/c1-23-14-17-33-29(20-23)26-8-2-3-9-27(26)30-21-24(15-18-34(30)39(33)35-12-6-5-11-32(35)38)25-16-19-37-31(22-25)28-10-4-7-13-36(28)40-37;1-3-7-11-9(5-1)10-6-2-4-8-12(10)13-11/h2-22H,1H3;1-8H. The van der Waals surface area contributed by atoms with Crippen LogP contribution in [0.2, 0.25) is 5.02 Å². The number of fused-ring (bicyclic) bond motifs is 11. The van der Waals surface area contributed by atoms with Crippen LogP contribution in [0.4, 0.5) is 17.1 Å². The molecule has 0 unspecified atom stereocenters. The molecule has 0 fully saturated rings. The minimum absolute atomic E-state index is 0.715. The first-order valence-corrected chi connectivity index (χ1v) is 18.2. The summed E-state index contributed by atoms with van der Waals surface area (Å²) in [5.41, 5.74) is 15.2. The van der Waals surface area contributed by atoms with Gasteiger partial charge in [0.25, 0.3) is 0 Å². The van der Waals surface area contributed by atoms with Crippen molar-refractivity contribution >= 4 is 72.5 Å². The second kappa shape index (κ2) is 12.6. The van der Waals surface area contributed by atoms with Gasteiger partial charge < -0.3 is 13.7 Å². The van der Waals surface area contributed by atoms with Gasteiger partial charge in [0.2, 0.25) is 0 Å². The van der Waals surface area contributed by atoms with Crippen LogP contribution in [0.3, 0.4) is 0 Å². The van der Waals surface area contributed by atoms with E-state index in [4.69, 9.17) is 20.4 Å². The highest BCUT2D eigenvalue weighted by Gasteiger charge is 2.27. The van der Waals surface area contributed by atoms with Gasteiger partial charge in [-0.05, 0) is 95.9 Å². The highest BCUT2D eigenvalue weighted by molar-refractivity contribution is 6.33. The fourth-order valence-electron chi connectivity index (χ4n) is 7.74. The van der Waals surface area contributed by atoms with E-state index in [0.29, 0.717) is 5.02 Å². The van der Waals surface area contributed by atoms with Crippen molar-refractivity contribution in [1.29, 1.82) is 0 Å². The van der Waals surface area contributed by atoms with Crippen molar-refractivity contribution in [2.24, 2.45) is 0 Å². The quantitative estimate of drug-likeness (QED) is 0.180. The van der Waals surface area contributed by atoms with Gasteiger partial charge >= 0.3 is 0 Å². The molecule has 0 saturated carbocycles. The Morgan fingerprint density at radius 1 is 0.377 bits per heavy atom. The third-order valence-electron chi connectivity index (χ3n) is 10.2. The largest absolute Gasteiger partial charge is 0.456 e. The van der Waals surface area contributed by atoms with Crippen LogP contribution < -0.4 is 4.90 Å². The number of anilines is 3. The zero-order chi connectivity index (χ0) is 35.5. The molecule has 8 aromatic carbocycles. The molecular formula is C49H32ClNO2. The molecule has 252 valence electrons. The predicted molar refractivity (Wildman–Crippen MR) is 222 cm³/mol. The Kier molecular flexibility index (Phi) is 7.41. The van der Waals surface area contributed by atoms with Crippen LogP contribution in [0.15, 0.2) is 185 Å². The minimum atomic E-state index is 0.715. The molecule has 53 heavy (non-hydrogen) atoms. The van der Waals surface area contributed by atoms with Crippen molar-refractivity contribution in [3.63, 3.8) is 0 Å². The third-order valence-corrected chi connectivity index (χ3v) is 10.5. The van der Waals surface area contributed by atoms with Crippen molar-refractivity contribution in [2.75, 3.05) is 4.90 Å². The van der Waals surface area contributed by atoms with E-state index >= 15 is 0 Å². The lowest BCUT2D eigenvalue weighted by Crippen LogP contribution is -2.11. The summed E-state index contributed by atoms with van der Waals surface area (Å²) in [5.74, 6) is 0. The van der Waals surface area contributed by atoms with E-state index < -0.39 is 0 Å². The normalized spacial score (nSPS) is 11.9. The molecule has 3 nitrogen and oxygen atoms in total. The number of halogens is 1. The minimum Gasteiger partial charge on any atom is -0.456 e. The first kappa shape index (κ1) is 31.2. The van der Waals surface area contributed by atoms with Crippen molar-refractivity contribution < 1.29 is 8.83 Å². The highest BCUT2D eigenvalue weighted by Crippen LogP contribution is 2.52. The summed E-state index contributed by atoms with van der Waals surface area (Å²) in [6.45, 7) is 2.15. The molecule has 0 aliphatic carbocycles. The van der Waals surface area contributed by atoms with Gasteiger partial charge in [0.05, 0.1) is 22.1 Å². The fourth-order valence-corrected chi connectivity index (χ4v) is 7.96. The van der Waals surface area contributed by atoms with Crippen LogP contribution in [0.25, 0.3) is 77.3 Å². The number of benzene rings is 8. The summed E-state index contributed by atoms with van der Waals surface area (Å²) < 4.78 is 11.7. The van der Waals surface area contributed by atoms with Crippen molar-refractivity contribution in [2.45, 2.75) is 6.92 Å². The number of furan rings is 2. The molecule has 3 heterocycles. The van der Waals surface area contributed by atoms with Gasteiger partial charge in [-0.3, -0.25) is 0 Å². The molecule has 0 bridgehead atoms. The molecule has 4 heteroatoms. The molecule has 0 atom stereocenters. The molecule has 0 amide bonds. The average Bonchev–Trinajstić information content (AvgIpc) is 3.74. The van der Waals surface area contributed by atoms with Gasteiger partial charge in [-0.15, -0.1) is 0 Å². The topological polar surface area (TPSA) is 29.5 Å². The van der Waals surface area contributed by atoms with Crippen LogP contribution in [-0.4, -0.2) is 0 Å². The molecule has 0 radical (unpaired) electrons. The van der Waals surface area contributed by atoms with E-state index in [0.717, 1.165) is 61.3 Å². The summed E-state index contributed by atoms with van der Waals surface area (Å²) in [5, 5.41) is 5.36. The van der Waals surface area contributed by atoms with Crippen LogP contribution in [0.1, 0.15) is 5.56 Å². The van der Waals surface area contributed by atoms with Crippen LogP contribution in [0, 0.1) is 6.92 Å². The predicted octanol–water partition coefficient (Wildman–Crippen LogP) is 14.9. The van der Waals surface area contributed by atoms with Crippen LogP contribution >= 0.6 is 11.6 Å². The lowest BCUT2D eigenvalue weighted by atomic mass is 9.92. The second-order valence-corrected chi connectivity index (χ2v) is 13.9. The van der Waals surface area contributed by atoms with Crippen molar-refractivity contribution in [3.05, 3.63) is 187 Å². The molecule has 2 aromatic heterocycles. The molecule has 0 spiro atoms. The third kappa shape index (κ3) is 5.28. The number of aryl methyl sites for hydroxylation is 1. The lowest BCUT2D eigenvalue weighted by molar-refractivity contribution is 0.668. The van der Waals surface area contributed by atoms with E-state index in [1.54, 1.807) is 0 Å². The zero-order valence-corrected chi connectivity index (χ0v) is 29.6. The number of nitrogens with zero attached hydrogens (tertiary/aromatic N) is 1.